The third-order valence-corrected chi connectivity index (χ3v) is 3.53. The molecule has 0 aliphatic carbocycles. The molecular weight excluding hydrogens is 270 g/mol. The monoisotopic (exact) mass is 295 g/mol. The fourth-order valence-electron chi connectivity index (χ4n) is 2.48. The maximum atomic E-state index is 5.48. The Morgan fingerprint density at radius 2 is 2.24 bits per heavy atom. The third kappa shape index (κ3) is 4.40. The van der Waals surface area contributed by atoms with Crippen molar-refractivity contribution in [3.8, 4) is 6.01 Å². The molecule has 0 radical (unpaired) electrons. The Hall–Kier alpha value is -1.67. The molecule has 1 atom stereocenters. The molecule has 8 nitrogen and oxygen atoms in total. The lowest BCUT2D eigenvalue weighted by atomic mass is 10.1. The SMILES string of the molecule is CCCOc1nc(NN)nc(N(C)CC2CCN(C)C2)n1. The maximum absolute atomic E-state index is 5.48. The van der Waals surface area contributed by atoms with E-state index in [0.717, 1.165) is 26.1 Å². The van der Waals surface area contributed by atoms with Crippen molar-refractivity contribution in [2.75, 3.05) is 50.7 Å². The summed E-state index contributed by atoms with van der Waals surface area (Å²) in [6, 6.07) is 0.310. The summed E-state index contributed by atoms with van der Waals surface area (Å²) in [5, 5.41) is 0. The van der Waals surface area contributed by atoms with E-state index < -0.39 is 0 Å². The number of nitrogens with one attached hydrogen (secondary N) is 1. The highest BCUT2D eigenvalue weighted by Gasteiger charge is 2.22. The number of hydrazine groups is 1. The molecule has 2 rings (SSSR count). The highest BCUT2D eigenvalue weighted by molar-refractivity contribution is 5.37. The van der Waals surface area contributed by atoms with Gasteiger partial charge in [0.2, 0.25) is 11.9 Å². The molecule has 0 aromatic carbocycles. The Kier molecular flexibility index (Phi) is 5.51. The van der Waals surface area contributed by atoms with Crippen LogP contribution in [0.15, 0.2) is 0 Å². The van der Waals surface area contributed by atoms with E-state index in [1.165, 1.54) is 6.42 Å². The summed E-state index contributed by atoms with van der Waals surface area (Å²) >= 11 is 0. The molecule has 8 heteroatoms. The summed E-state index contributed by atoms with van der Waals surface area (Å²) in [5.41, 5.74) is 2.46. The van der Waals surface area contributed by atoms with Crippen molar-refractivity contribution in [1.29, 1.82) is 0 Å². The minimum Gasteiger partial charge on any atom is -0.463 e. The van der Waals surface area contributed by atoms with E-state index in [2.05, 4.69) is 32.3 Å². The van der Waals surface area contributed by atoms with Crippen LogP contribution in [0.4, 0.5) is 11.9 Å². The van der Waals surface area contributed by atoms with Crippen LogP contribution in [0.5, 0.6) is 6.01 Å². The lowest BCUT2D eigenvalue weighted by Gasteiger charge is -2.21. The summed E-state index contributed by atoms with van der Waals surface area (Å²) in [5.74, 6) is 6.95. The smallest absolute Gasteiger partial charge is 0.323 e. The van der Waals surface area contributed by atoms with Gasteiger partial charge in [-0.1, -0.05) is 6.92 Å². The standard InChI is InChI=1S/C13H25N7O/c1-4-7-21-13-16-11(18-14)15-12(17-13)20(3)9-10-5-6-19(2)8-10/h10H,4-9,14H2,1-3H3,(H,15,16,17,18). The van der Waals surface area contributed by atoms with Gasteiger partial charge in [0.1, 0.15) is 0 Å². The molecule has 1 saturated heterocycles. The number of nitrogens with two attached hydrogens (primary N) is 1. The number of nitrogens with zero attached hydrogens (tertiary/aromatic N) is 5. The molecule has 0 spiro atoms. The van der Waals surface area contributed by atoms with E-state index in [-0.39, 0.29) is 0 Å². The number of nitrogen functional groups attached to an aromatic ring is 1. The number of rotatable bonds is 7. The van der Waals surface area contributed by atoms with Crippen LogP contribution in [-0.4, -0.2) is 60.2 Å². The van der Waals surface area contributed by atoms with Crippen LogP contribution in [0.2, 0.25) is 0 Å². The zero-order chi connectivity index (χ0) is 15.2. The van der Waals surface area contributed by atoms with Gasteiger partial charge < -0.3 is 14.5 Å². The molecule has 1 fully saturated rings. The fourth-order valence-corrected chi connectivity index (χ4v) is 2.48. The van der Waals surface area contributed by atoms with Crippen LogP contribution in [0, 0.1) is 5.92 Å². The second-order valence-corrected chi connectivity index (χ2v) is 5.53. The summed E-state index contributed by atoms with van der Waals surface area (Å²) in [6.45, 7) is 5.77. The predicted molar refractivity (Wildman–Crippen MR) is 82.3 cm³/mol. The third-order valence-electron chi connectivity index (χ3n) is 3.53. The molecule has 1 aliphatic heterocycles. The Bertz CT molecular complexity index is 456. The van der Waals surface area contributed by atoms with Gasteiger partial charge in [0.15, 0.2) is 0 Å². The lowest BCUT2D eigenvalue weighted by molar-refractivity contribution is 0.291. The molecule has 0 amide bonds. The summed E-state index contributed by atoms with van der Waals surface area (Å²) in [4.78, 5) is 17.1. The molecule has 1 aromatic heterocycles. The summed E-state index contributed by atoms with van der Waals surface area (Å²) in [7, 11) is 4.13. The first-order chi connectivity index (χ1) is 10.1. The Morgan fingerprint density at radius 1 is 1.43 bits per heavy atom. The van der Waals surface area contributed by atoms with Crippen LogP contribution in [0.3, 0.4) is 0 Å². The van der Waals surface area contributed by atoms with Crippen LogP contribution >= 0.6 is 0 Å². The van der Waals surface area contributed by atoms with E-state index >= 15 is 0 Å². The van der Waals surface area contributed by atoms with Crippen LogP contribution in [0.25, 0.3) is 0 Å². The molecule has 0 saturated carbocycles. The zero-order valence-electron chi connectivity index (χ0n) is 13.0. The van der Waals surface area contributed by atoms with E-state index in [1.54, 1.807) is 0 Å². The van der Waals surface area contributed by atoms with E-state index in [9.17, 15) is 0 Å². The van der Waals surface area contributed by atoms with Gasteiger partial charge >= 0.3 is 6.01 Å². The van der Waals surface area contributed by atoms with E-state index in [0.29, 0.717) is 30.4 Å². The minimum absolute atomic E-state index is 0.310. The van der Waals surface area contributed by atoms with Gasteiger partial charge in [-0.3, -0.25) is 5.43 Å². The van der Waals surface area contributed by atoms with Gasteiger partial charge in [0.25, 0.3) is 0 Å². The van der Waals surface area contributed by atoms with Gasteiger partial charge in [0, 0.05) is 20.1 Å². The minimum atomic E-state index is 0.310. The molecular formula is C13H25N7O. The van der Waals surface area contributed by atoms with Gasteiger partial charge in [0.05, 0.1) is 6.61 Å². The van der Waals surface area contributed by atoms with Crippen LogP contribution in [-0.2, 0) is 0 Å². The van der Waals surface area contributed by atoms with Crippen molar-refractivity contribution < 1.29 is 4.74 Å². The first-order valence-electron chi connectivity index (χ1n) is 7.37. The Balaban J connectivity index is 2.05. The quantitative estimate of drug-likeness (QED) is 0.549. The fraction of sp³-hybridized carbons (Fsp3) is 0.769. The number of ether oxygens (including phenoxy) is 1. The molecule has 1 unspecified atom stereocenters. The highest BCUT2D eigenvalue weighted by atomic mass is 16.5. The van der Waals surface area contributed by atoms with Crippen molar-refractivity contribution in [3.05, 3.63) is 0 Å². The second kappa shape index (κ2) is 7.37. The van der Waals surface area contributed by atoms with E-state index in [4.69, 9.17) is 10.6 Å². The van der Waals surface area contributed by atoms with Crippen molar-refractivity contribution in [2.45, 2.75) is 19.8 Å². The summed E-state index contributed by atoms with van der Waals surface area (Å²) < 4.78 is 5.48. The lowest BCUT2D eigenvalue weighted by Crippen LogP contribution is -2.29. The first kappa shape index (κ1) is 15.7. The van der Waals surface area contributed by atoms with Crippen molar-refractivity contribution in [3.63, 3.8) is 0 Å². The van der Waals surface area contributed by atoms with Gasteiger partial charge in [-0.05, 0) is 32.4 Å². The largest absolute Gasteiger partial charge is 0.463 e. The normalized spacial score (nSPS) is 18.8. The maximum Gasteiger partial charge on any atom is 0.323 e. The van der Waals surface area contributed by atoms with Crippen LogP contribution in [0.1, 0.15) is 19.8 Å². The zero-order valence-corrected chi connectivity index (χ0v) is 13.0. The van der Waals surface area contributed by atoms with Gasteiger partial charge in [-0.25, -0.2) is 5.84 Å². The molecule has 118 valence electrons. The molecule has 3 N–H and O–H groups in total. The first-order valence-corrected chi connectivity index (χ1v) is 7.37. The summed E-state index contributed by atoms with van der Waals surface area (Å²) in [6.07, 6.45) is 2.10. The van der Waals surface area contributed by atoms with Crippen molar-refractivity contribution in [2.24, 2.45) is 11.8 Å². The van der Waals surface area contributed by atoms with E-state index in [1.807, 2.05) is 18.9 Å². The number of hydrogen-bond acceptors (Lipinski definition) is 8. The Labute approximate surface area is 125 Å². The molecule has 21 heavy (non-hydrogen) atoms. The average molecular weight is 295 g/mol. The van der Waals surface area contributed by atoms with Gasteiger partial charge in [-0.15, -0.1) is 0 Å². The van der Waals surface area contributed by atoms with Crippen LogP contribution < -0.4 is 20.9 Å². The molecule has 0 bridgehead atoms. The molecule has 1 aromatic rings. The Morgan fingerprint density at radius 3 is 2.86 bits per heavy atom. The topological polar surface area (TPSA) is 92.4 Å². The molecule has 2 heterocycles. The molecule has 1 aliphatic rings. The highest BCUT2D eigenvalue weighted by Crippen LogP contribution is 2.19. The van der Waals surface area contributed by atoms with Crippen molar-refractivity contribution >= 4 is 11.9 Å². The number of anilines is 2. The number of hydrogen-bond donors (Lipinski definition) is 2. The number of aromatic nitrogens is 3. The average Bonchev–Trinajstić information content (AvgIpc) is 2.89. The second-order valence-electron chi connectivity index (χ2n) is 5.53. The van der Waals surface area contributed by atoms with Gasteiger partial charge in [-0.2, -0.15) is 15.0 Å². The number of likely N-dealkylation sites (tertiary alicyclic amines) is 1. The predicted octanol–water partition coefficient (Wildman–Crippen LogP) is 0.334. The van der Waals surface area contributed by atoms with Crippen molar-refractivity contribution in [1.82, 2.24) is 19.9 Å².